The van der Waals surface area contributed by atoms with Gasteiger partial charge in [-0.15, -0.1) is 0 Å². The fourth-order valence-corrected chi connectivity index (χ4v) is 3.58. The van der Waals surface area contributed by atoms with Crippen molar-refractivity contribution in [2.24, 2.45) is 0 Å². The Hall–Kier alpha value is -2.56. The molecule has 0 radical (unpaired) electrons. The summed E-state index contributed by atoms with van der Waals surface area (Å²) in [7, 11) is 3.58. The first-order valence-electron chi connectivity index (χ1n) is 9.62. The van der Waals surface area contributed by atoms with Crippen LogP contribution in [0.5, 0.6) is 11.5 Å². The number of benzene rings is 2. The van der Waals surface area contributed by atoms with E-state index in [9.17, 15) is 8.78 Å². The molecule has 31 heavy (non-hydrogen) atoms. The number of likely N-dealkylation sites (N-methyl/N-ethyl adjacent to an activating group) is 1. The van der Waals surface area contributed by atoms with Crippen molar-refractivity contribution in [2.75, 3.05) is 45.8 Å². The van der Waals surface area contributed by atoms with Crippen molar-refractivity contribution in [1.82, 2.24) is 14.9 Å². The van der Waals surface area contributed by atoms with Gasteiger partial charge >= 0.3 is 0 Å². The van der Waals surface area contributed by atoms with Gasteiger partial charge < -0.3 is 24.4 Å². The molecule has 0 aliphatic carbocycles. The van der Waals surface area contributed by atoms with E-state index in [0.717, 1.165) is 13.1 Å². The molecule has 0 amide bonds. The summed E-state index contributed by atoms with van der Waals surface area (Å²) in [6, 6.07) is 5.83. The zero-order chi connectivity index (χ0) is 22.0. The van der Waals surface area contributed by atoms with E-state index >= 15 is 0 Å². The molecule has 10 heteroatoms. The second kappa shape index (κ2) is 9.29. The van der Waals surface area contributed by atoms with Crippen LogP contribution in [0, 0.1) is 11.6 Å². The van der Waals surface area contributed by atoms with E-state index in [1.54, 1.807) is 12.1 Å². The Balaban J connectivity index is 1.60. The number of rotatable bonds is 6. The molecule has 164 valence electrons. The number of nitrogens with one attached hydrogen (secondary N) is 1. The van der Waals surface area contributed by atoms with Gasteiger partial charge in [-0.3, -0.25) is 0 Å². The Bertz CT molecular complexity index is 1080. The van der Waals surface area contributed by atoms with E-state index in [-0.39, 0.29) is 16.3 Å². The molecule has 7 nitrogen and oxygen atoms in total. The van der Waals surface area contributed by atoms with Crippen LogP contribution in [0.2, 0.25) is 0 Å². The molecular weight excluding hydrogens is 474 g/mol. The lowest BCUT2D eigenvalue weighted by atomic mass is 10.2. The maximum Gasteiger partial charge on any atom is 0.163 e. The van der Waals surface area contributed by atoms with Crippen molar-refractivity contribution in [3.63, 3.8) is 0 Å². The quantitative estimate of drug-likeness (QED) is 0.516. The van der Waals surface area contributed by atoms with Gasteiger partial charge in [0.05, 0.1) is 23.7 Å². The second-order valence-electron chi connectivity index (χ2n) is 7.19. The molecule has 3 aromatic rings. The molecular formula is C21H21BrF2N4O3. The van der Waals surface area contributed by atoms with Crippen LogP contribution in [0.15, 0.2) is 35.1 Å². The third-order valence-electron chi connectivity index (χ3n) is 4.93. The first-order chi connectivity index (χ1) is 14.9. The van der Waals surface area contributed by atoms with E-state index < -0.39 is 11.6 Å². The molecule has 1 aromatic heterocycles. The number of hydrogen-bond donors (Lipinski definition) is 1. The summed E-state index contributed by atoms with van der Waals surface area (Å²) in [5.41, 5.74) is 0.809. The number of hydrogen-bond acceptors (Lipinski definition) is 7. The third-order valence-corrected chi connectivity index (χ3v) is 5.69. The van der Waals surface area contributed by atoms with Crippen LogP contribution in [0.4, 0.5) is 20.3 Å². The number of anilines is 2. The SMILES string of the molecule is COc1cc2c(Nc3cc(F)c(Br)c(F)c3)ncnc2cc1OCC1CN(C)CCO1. The molecule has 4 rings (SSSR count). The van der Waals surface area contributed by atoms with Gasteiger partial charge in [0, 0.05) is 30.2 Å². The molecule has 2 aromatic carbocycles. The highest BCUT2D eigenvalue weighted by Crippen LogP contribution is 2.35. The largest absolute Gasteiger partial charge is 0.493 e. The zero-order valence-electron chi connectivity index (χ0n) is 17.0. The summed E-state index contributed by atoms with van der Waals surface area (Å²) >= 11 is 2.87. The molecule has 1 atom stereocenters. The minimum absolute atomic E-state index is 0.0380. The number of nitrogens with zero attached hydrogens (tertiary/aromatic N) is 3. The van der Waals surface area contributed by atoms with Crippen molar-refractivity contribution in [2.45, 2.75) is 6.10 Å². The average Bonchev–Trinajstić information content (AvgIpc) is 2.75. The second-order valence-corrected chi connectivity index (χ2v) is 7.98. The lowest BCUT2D eigenvalue weighted by Gasteiger charge is -2.30. The van der Waals surface area contributed by atoms with Gasteiger partial charge in [0.15, 0.2) is 11.5 Å². The van der Waals surface area contributed by atoms with Crippen LogP contribution in [0.3, 0.4) is 0 Å². The highest BCUT2D eigenvalue weighted by molar-refractivity contribution is 9.10. The zero-order valence-corrected chi connectivity index (χ0v) is 18.6. The minimum atomic E-state index is -0.718. The normalized spacial score (nSPS) is 17.0. The van der Waals surface area contributed by atoms with Crippen LogP contribution in [-0.4, -0.2) is 61.4 Å². The number of fused-ring (bicyclic) bond motifs is 1. The molecule has 1 aliphatic heterocycles. The van der Waals surface area contributed by atoms with E-state index in [4.69, 9.17) is 14.2 Å². The highest BCUT2D eigenvalue weighted by atomic mass is 79.9. The number of ether oxygens (including phenoxy) is 3. The monoisotopic (exact) mass is 494 g/mol. The summed E-state index contributed by atoms with van der Waals surface area (Å²) in [5, 5.41) is 3.56. The Kier molecular flexibility index (Phi) is 6.49. The summed E-state index contributed by atoms with van der Waals surface area (Å²) in [5.74, 6) is -0.0393. The van der Waals surface area contributed by atoms with Crippen LogP contribution in [0.25, 0.3) is 10.9 Å². The third kappa shape index (κ3) is 4.86. The van der Waals surface area contributed by atoms with Crippen molar-refractivity contribution in [3.05, 3.63) is 46.7 Å². The molecule has 1 saturated heterocycles. The van der Waals surface area contributed by atoms with Crippen molar-refractivity contribution < 1.29 is 23.0 Å². The summed E-state index contributed by atoms with van der Waals surface area (Å²) in [6.07, 6.45) is 1.33. The lowest BCUT2D eigenvalue weighted by Crippen LogP contribution is -2.42. The van der Waals surface area contributed by atoms with Crippen molar-refractivity contribution in [3.8, 4) is 11.5 Å². The molecule has 2 heterocycles. The molecule has 0 saturated carbocycles. The smallest absolute Gasteiger partial charge is 0.163 e. The Morgan fingerprint density at radius 1 is 1.19 bits per heavy atom. The molecule has 1 aliphatic rings. The Morgan fingerprint density at radius 3 is 2.68 bits per heavy atom. The van der Waals surface area contributed by atoms with Gasteiger partial charge in [-0.25, -0.2) is 18.7 Å². The fourth-order valence-electron chi connectivity index (χ4n) is 3.35. The standard InChI is InChI=1S/C21H21BrF2N4O3/c1-28-3-4-30-13(9-28)10-31-19-8-17-14(7-18(19)29-2)21(26-11-25-17)27-12-5-15(23)20(22)16(24)6-12/h5-8,11,13H,3-4,9-10H2,1-2H3,(H,25,26,27). The van der Waals surface area contributed by atoms with Gasteiger partial charge in [-0.2, -0.15) is 0 Å². The van der Waals surface area contributed by atoms with Crippen LogP contribution >= 0.6 is 15.9 Å². The van der Waals surface area contributed by atoms with Crippen LogP contribution < -0.4 is 14.8 Å². The molecule has 0 spiro atoms. The maximum absolute atomic E-state index is 13.9. The van der Waals surface area contributed by atoms with Crippen LogP contribution in [0.1, 0.15) is 0 Å². The van der Waals surface area contributed by atoms with Gasteiger partial charge in [0.25, 0.3) is 0 Å². The molecule has 1 N–H and O–H groups in total. The maximum atomic E-state index is 13.9. The Morgan fingerprint density at radius 2 is 1.97 bits per heavy atom. The number of halogens is 3. The molecule has 1 unspecified atom stereocenters. The van der Waals surface area contributed by atoms with E-state index in [1.165, 1.54) is 25.6 Å². The minimum Gasteiger partial charge on any atom is -0.493 e. The molecule has 1 fully saturated rings. The first-order valence-corrected chi connectivity index (χ1v) is 10.4. The summed E-state index contributed by atoms with van der Waals surface area (Å²) in [4.78, 5) is 10.7. The van der Waals surface area contributed by atoms with Crippen molar-refractivity contribution >= 4 is 38.3 Å². The van der Waals surface area contributed by atoms with Gasteiger partial charge in [0.1, 0.15) is 36.5 Å². The summed E-state index contributed by atoms with van der Waals surface area (Å²) < 4.78 is 44.7. The van der Waals surface area contributed by atoms with Crippen molar-refractivity contribution in [1.29, 1.82) is 0 Å². The Labute approximate surface area is 186 Å². The first kappa shape index (κ1) is 21.7. The number of methoxy groups -OCH3 is 1. The highest BCUT2D eigenvalue weighted by Gasteiger charge is 2.20. The fraction of sp³-hybridized carbons (Fsp3) is 0.333. The van der Waals surface area contributed by atoms with Gasteiger partial charge in [0.2, 0.25) is 0 Å². The average molecular weight is 495 g/mol. The predicted octanol–water partition coefficient (Wildman–Crippen LogP) is 4.13. The van der Waals surface area contributed by atoms with E-state index in [2.05, 4.69) is 36.1 Å². The van der Waals surface area contributed by atoms with Gasteiger partial charge in [-0.05, 0) is 41.2 Å². The summed E-state index contributed by atoms with van der Waals surface area (Å²) in [6.45, 7) is 2.72. The lowest BCUT2D eigenvalue weighted by molar-refractivity contribution is -0.0406. The van der Waals surface area contributed by atoms with E-state index in [1.807, 2.05) is 7.05 Å². The van der Waals surface area contributed by atoms with Crippen LogP contribution in [-0.2, 0) is 4.74 Å². The molecule has 0 bridgehead atoms. The topological polar surface area (TPSA) is 68.7 Å². The van der Waals surface area contributed by atoms with E-state index in [0.29, 0.717) is 41.4 Å². The number of aromatic nitrogens is 2. The van der Waals surface area contributed by atoms with Gasteiger partial charge in [-0.1, -0.05) is 0 Å². The number of morpholine rings is 1. The predicted molar refractivity (Wildman–Crippen MR) is 116 cm³/mol.